The number of nitrogens with one attached hydrogen (secondary N) is 1. The fourth-order valence-electron chi connectivity index (χ4n) is 2.01. The van der Waals surface area contributed by atoms with Crippen LogP contribution in [0.5, 0.6) is 0 Å². The Morgan fingerprint density at radius 3 is 2.71 bits per heavy atom. The van der Waals surface area contributed by atoms with Crippen molar-refractivity contribution in [3.8, 4) is 0 Å². The van der Waals surface area contributed by atoms with Gasteiger partial charge in [0.05, 0.1) is 5.56 Å². The predicted octanol–water partition coefficient (Wildman–Crippen LogP) is 5.45. The fourth-order valence-corrected chi connectivity index (χ4v) is 3.71. The normalized spacial score (nSPS) is 10.6. The number of nitrogens with zero attached hydrogens (tertiary/aromatic N) is 2. The van der Waals surface area contributed by atoms with Gasteiger partial charge in [-0.25, -0.2) is 0 Å². The van der Waals surface area contributed by atoms with E-state index in [1.54, 1.807) is 24.3 Å². The Kier molecular flexibility index (Phi) is 5.50. The molecule has 1 N–H and O–H groups in total. The smallest absolute Gasteiger partial charge is 0.258 e. The van der Waals surface area contributed by atoms with Crippen LogP contribution in [0.15, 0.2) is 46.9 Å². The molecule has 4 nitrogen and oxygen atoms in total. The topological polar surface area (TPSA) is 54.9 Å². The van der Waals surface area contributed by atoms with Gasteiger partial charge in [0, 0.05) is 20.9 Å². The lowest BCUT2D eigenvalue weighted by molar-refractivity contribution is 0.102. The molecule has 3 aromatic rings. The Morgan fingerprint density at radius 1 is 1.17 bits per heavy atom. The third-order valence-electron chi connectivity index (χ3n) is 3.16. The molecule has 0 aliphatic heterocycles. The Bertz CT molecular complexity index is 901. The fraction of sp³-hybridized carbons (Fsp3) is 0.0625. The molecule has 0 atom stereocenters. The lowest BCUT2D eigenvalue weighted by atomic mass is 10.2. The molecule has 0 spiro atoms. The van der Waals surface area contributed by atoms with Crippen LogP contribution in [0.4, 0.5) is 5.13 Å². The number of benzene rings is 2. The number of halogens is 3. The van der Waals surface area contributed by atoms with Crippen LogP contribution >= 0.6 is 50.5 Å². The minimum atomic E-state index is -0.241. The SMILES string of the molecule is O=C(Nc1nnc(Cc2ccc(Cl)cc2Cl)s1)c1ccccc1Br. The molecule has 8 heteroatoms. The maximum Gasteiger partial charge on any atom is 0.258 e. The van der Waals surface area contributed by atoms with Crippen molar-refractivity contribution in [3.63, 3.8) is 0 Å². The van der Waals surface area contributed by atoms with Crippen LogP contribution in [0, 0.1) is 0 Å². The monoisotopic (exact) mass is 441 g/mol. The van der Waals surface area contributed by atoms with Crippen LogP contribution in [0.3, 0.4) is 0 Å². The summed E-state index contributed by atoms with van der Waals surface area (Å²) in [4.78, 5) is 12.3. The highest BCUT2D eigenvalue weighted by atomic mass is 79.9. The maximum absolute atomic E-state index is 12.3. The number of anilines is 1. The van der Waals surface area contributed by atoms with Gasteiger partial charge in [0.1, 0.15) is 5.01 Å². The zero-order valence-electron chi connectivity index (χ0n) is 12.1. The van der Waals surface area contributed by atoms with Gasteiger partial charge in [-0.1, -0.05) is 52.7 Å². The average Bonchev–Trinajstić information content (AvgIpc) is 2.97. The van der Waals surface area contributed by atoms with E-state index >= 15 is 0 Å². The van der Waals surface area contributed by atoms with Crippen molar-refractivity contribution in [1.82, 2.24) is 10.2 Å². The second-order valence-electron chi connectivity index (χ2n) is 4.85. The summed E-state index contributed by atoms with van der Waals surface area (Å²) in [5.74, 6) is -0.241. The van der Waals surface area contributed by atoms with Gasteiger partial charge in [0.15, 0.2) is 0 Å². The molecule has 0 saturated carbocycles. The van der Waals surface area contributed by atoms with Crippen molar-refractivity contribution in [3.05, 3.63) is 73.1 Å². The zero-order chi connectivity index (χ0) is 17.1. The van der Waals surface area contributed by atoms with E-state index in [4.69, 9.17) is 23.2 Å². The van der Waals surface area contributed by atoms with Crippen LogP contribution in [-0.2, 0) is 6.42 Å². The van der Waals surface area contributed by atoms with Crippen LogP contribution in [-0.4, -0.2) is 16.1 Å². The van der Waals surface area contributed by atoms with E-state index < -0.39 is 0 Å². The van der Waals surface area contributed by atoms with Gasteiger partial charge in [-0.15, -0.1) is 10.2 Å². The third kappa shape index (κ3) is 4.13. The Balaban J connectivity index is 1.72. The van der Waals surface area contributed by atoms with Crippen molar-refractivity contribution in [1.29, 1.82) is 0 Å². The molecule has 1 amide bonds. The molecule has 122 valence electrons. The van der Waals surface area contributed by atoms with Crippen molar-refractivity contribution >= 4 is 61.5 Å². The number of hydrogen-bond donors (Lipinski definition) is 1. The van der Waals surface area contributed by atoms with E-state index in [1.807, 2.05) is 18.2 Å². The van der Waals surface area contributed by atoms with Gasteiger partial charge < -0.3 is 0 Å². The molecule has 0 unspecified atom stereocenters. The number of rotatable bonds is 4. The highest BCUT2D eigenvalue weighted by molar-refractivity contribution is 9.10. The first-order valence-corrected chi connectivity index (χ1v) is 9.21. The number of amides is 1. The van der Waals surface area contributed by atoms with Crippen molar-refractivity contribution in [2.75, 3.05) is 5.32 Å². The van der Waals surface area contributed by atoms with Gasteiger partial charge >= 0.3 is 0 Å². The highest BCUT2D eigenvalue weighted by Crippen LogP contribution is 2.26. The molecule has 0 aliphatic carbocycles. The predicted molar refractivity (Wildman–Crippen MR) is 101 cm³/mol. The summed E-state index contributed by atoms with van der Waals surface area (Å²) in [5.41, 5.74) is 1.44. The first-order chi connectivity index (χ1) is 11.5. The van der Waals surface area contributed by atoms with E-state index in [-0.39, 0.29) is 5.91 Å². The molecule has 0 fully saturated rings. The summed E-state index contributed by atoms with van der Waals surface area (Å²) >= 11 is 16.7. The lowest BCUT2D eigenvalue weighted by Crippen LogP contribution is -2.12. The van der Waals surface area contributed by atoms with E-state index in [0.717, 1.165) is 15.0 Å². The number of carbonyl (C=O) groups is 1. The number of hydrogen-bond acceptors (Lipinski definition) is 4. The van der Waals surface area contributed by atoms with E-state index in [0.29, 0.717) is 27.2 Å². The Labute approximate surface area is 161 Å². The molecule has 1 aromatic heterocycles. The summed E-state index contributed by atoms with van der Waals surface area (Å²) in [6.45, 7) is 0. The van der Waals surface area contributed by atoms with Crippen molar-refractivity contribution in [2.45, 2.75) is 6.42 Å². The van der Waals surface area contributed by atoms with Crippen LogP contribution in [0.25, 0.3) is 0 Å². The van der Waals surface area contributed by atoms with Gasteiger partial charge in [0.25, 0.3) is 5.91 Å². The van der Waals surface area contributed by atoms with E-state index in [9.17, 15) is 4.79 Å². The van der Waals surface area contributed by atoms with Gasteiger partial charge in [0.2, 0.25) is 5.13 Å². The largest absolute Gasteiger partial charge is 0.296 e. The summed E-state index contributed by atoms with van der Waals surface area (Å²) in [7, 11) is 0. The summed E-state index contributed by atoms with van der Waals surface area (Å²) < 4.78 is 0.722. The molecule has 1 heterocycles. The minimum Gasteiger partial charge on any atom is -0.296 e. The second kappa shape index (κ2) is 7.61. The van der Waals surface area contributed by atoms with Crippen LogP contribution < -0.4 is 5.32 Å². The Morgan fingerprint density at radius 2 is 1.96 bits per heavy atom. The molecular formula is C16H10BrCl2N3OS. The minimum absolute atomic E-state index is 0.241. The van der Waals surface area contributed by atoms with Crippen molar-refractivity contribution < 1.29 is 4.79 Å². The second-order valence-corrected chi connectivity index (χ2v) is 7.61. The Hall–Kier alpha value is -1.47. The molecular weight excluding hydrogens is 433 g/mol. The van der Waals surface area contributed by atoms with E-state index in [1.165, 1.54) is 11.3 Å². The highest BCUT2D eigenvalue weighted by Gasteiger charge is 2.13. The molecule has 0 aliphatic rings. The van der Waals surface area contributed by atoms with E-state index in [2.05, 4.69) is 31.4 Å². The summed E-state index contributed by atoms with van der Waals surface area (Å²) in [6.07, 6.45) is 0.526. The number of aromatic nitrogens is 2. The average molecular weight is 443 g/mol. The summed E-state index contributed by atoms with van der Waals surface area (Å²) in [5, 5.41) is 13.2. The quantitative estimate of drug-likeness (QED) is 0.584. The standard InChI is InChI=1S/C16H10BrCl2N3OS/c17-12-4-2-1-3-11(12)15(23)20-16-22-21-14(24-16)7-9-5-6-10(18)8-13(9)19/h1-6,8H,7H2,(H,20,22,23). The van der Waals surface area contributed by atoms with Gasteiger partial charge in [-0.05, 0) is 45.8 Å². The molecule has 0 radical (unpaired) electrons. The van der Waals surface area contributed by atoms with Crippen LogP contribution in [0.2, 0.25) is 10.0 Å². The first-order valence-electron chi connectivity index (χ1n) is 6.85. The molecule has 3 rings (SSSR count). The first kappa shape index (κ1) is 17.4. The molecule has 24 heavy (non-hydrogen) atoms. The zero-order valence-corrected chi connectivity index (χ0v) is 16.0. The van der Waals surface area contributed by atoms with Crippen LogP contribution in [0.1, 0.15) is 20.9 Å². The number of carbonyl (C=O) groups excluding carboxylic acids is 1. The summed E-state index contributed by atoms with van der Waals surface area (Å²) in [6, 6.07) is 12.5. The molecule has 0 bridgehead atoms. The van der Waals surface area contributed by atoms with Gasteiger partial charge in [-0.2, -0.15) is 0 Å². The van der Waals surface area contributed by atoms with Gasteiger partial charge in [-0.3, -0.25) is 10.1 Å². The van der Waals surface area contributed by atoms with Crippen molar-refractivity contribution in [2.24, 2.45) is 0 Å². The third-order valence-corrected chi connectivity index (χ3v) is 5.28. The molecule has 2 aromatic carbocycles. The lowest BCUT2D eigenvalue weighted by Gasteiger charge is -2.03. The molecule has 0 saturated heterocycles. The maximum atomic E-state index is 12.3.